The number of fused-ring (bicyclic) bond motifs is 2. The van der Waals surface area contributed by atoms with Crippen molar-refractivity contribution in [3.63, 3.8) is 0 Å². The summed E-state index contributed by atoms with van der Waals surface area (Å²) >= 11 is 7.17. The average Bonchev–Trinajstić information content (AvgIpc) is 2.74. The van der Waals surface area contributed by atoms with Crippen LogP contribution in [0.3, 0.4) is 0 Å². The second-order valence-electron chi connectivity index (χ2n) is 6.52. The Morgan fingerprint density at radius 3 is 2.93 bits per heavy atom. The van der Waals surface area contributed by atoms with Crippen LogP contribution in [0.2, 0.25) is 5.02 Å². The Bertz CT molecular complexity index is 1250. The third kappa shape index (κ3) is 3.96. The Balaban J connectivity index is 1.61. The molecule has 2 heterocycles. The molecule has 1 aliphatic heterocycles. The highest BCUT2D eigenvalue weighted by molar-refractivity contribution is 7.99. The normalized spacial score (nSPS) is 12.8. The summed E-state index contributed by atoms with van der Waals surface area (Å²) in [5.74, 6) is 0.151. The van der Waals surface area contributed by atoms with Crippen LogP contribution in [0, 0.1) is 0 Å². The van der Waals surface area contributed by atoms with Gasteiger partial charge < -0.3 is 10.1 Å². The summed E-state index contributed by atoms with van der Waals surface area (Å²) in [5, 5.41) is 3.96. The quantitative estimate of drug-likeness (QED) is 0.272. The zero-order chi connectivity index (χ0) is 21.3. The molecule has 30 heavy (non-hydrogen) atoms. The molecule has 0 aliphatic carbocycles. The van der Waals surface area contributed by atoms with Crippen LogP contribution in [-0.4, -0.2) is 33.6 Å². The number of hydrogen-bond donors (Lipinski definition) is 1. The minimum Gasteiger partial charge on any atom is -0.482 e. The molecule has 7 nitrogen and oxygen atoms in total. The molecule has 0 spiro atoms. The van der Waals surface area contributed by atoms with Gasteiger partial charge in [0.1, 0.15) is 5.75 Å². The number of halogens is 1. The predicted molar refractivity (Wildman–Crippen MR) is 117 cm³/mol. The summed E-state index contributed by atoms with van der Waals surface area (Å²) in [6.45, 7) is 3.90. The van der Waals surface area contributed by atoms with Gasteiger partial charge in [-0.1, -0.05) is 29.4 Å². The number of nitrogens with zero attached hydrogens (tertiary/aromatic N) is 2. The number of thioether (sulfide) groups is 1. The maximum atomic E-state index is 12.9. The number of hydrogen-bond acceptors (Lipinski definition) is 6. The summed E-state index contributed by atoms with van der Waals surface area (Å²) in [4.78, 5) is 41.6. The first kappa shape index (κ1) is 20.2. The van der Waals surface area contributed by atoms with Crippen LogP contribution in [0.4, 0.5) is 5.69 Å². The molecule has 0 bridgehead atoms. The second-order valence-corrected chi connectivity index (χ2v) is 7.90. The van der Waals surface area contributed by atoms with E-state index in [4.69, 9.17) is 16.3 Å². The van der Waals surface area contributed by atoms with Gasteiger partial charge in [0.15, 0.2) is 17.5 Å². The van der Waals surface area contributed by atoms with Crippen molar-refractivity contribution in [1.82, 2.24) is 9.55 Å². The number of ether oxygens (including phenoxy) is 1. The smallest absolute Gasteiger partial charge is 0.262 e. The number of nitrogens with one attached hydrogen (secondary N) is 1. The van der Waals surface area contributed by atoms with Gasteiger partial charge in [0, 0.05) is 17.1 Å². The SMILES string of the molecule is C=CCn1c(SCC(=O)c2ccc3c(c2)NC(=O)CO3)nc2ccc(Cl)cc2c1=O. The molecular weight excluding hydrogens is 426 g/mol. The largest absolute Gasteiger partial charge is 0.482 e. The third-order valence-electron chi connectivity index (χ3n) is 4.46. The van der Waals surface area contributed by atoms with Crippen molar-refractivity contribution in [2.75, 3.05) is 17.7 Å². The highest BCUT2D eigenvalue weighted by atomic mass is 35.5. The molecule has 0 saturated carbocycles. The maximum Gasteiger partial charge on any atom is 0.262 e. The van der Waals surface area contributed by atoms with Crippen molar-refractivity contribution in [2.45, 2.75) is 11.7 Å². The lowest BCUT2D eigenvalue weighted by molar-refractivity contribution is -0.118. The first-order valence-corrected chi connectivity index (χ1v) is 10.4. The van der Waals surface area contributed by atoms with Crippen LogP contribution in [0.15, 0.2) is 59.0 Å². The summed E-state index contributed by atoms with van der Waals surface area (Å²) in [6.07, 6.45) is 1.59. The van der Waals surface area contributed by atoms with Crippen molar-refractivity contribution in [3.05, 3.63) is 70.0 Å². The van der Waals surface area contributed by atoms with E-state index in [1.807, 2.05) is 0 Å². The van der Waals surface area contributed by atoms with Crippen molar-refractivity contribution < 1.29 is 14.3 Å². The Hall–Kier alpha value is -3.10. The fourth-order valence-electron chi connectivity index (χ4n) is 3.04. The minimum absolute atomic E-state index is 0.0458. The van der Waals surface area contributed by atoms with Gasteiger partial charge in [0.2, 0.25) is 0 Å². The maximum absolute atomic E-state index is 12.9. The molecule has 1 N–H and O–H groups in total. The number of allylic oxidation sites excluding steroid dienone is 1. The van der Waals surface area contributed by atoms with E-state index in [9.17, 15) is 14.4 Å². The molecule has 2 aromatic carbocycles. The third-order valence-corrected chi connectivity index (χ3v) is 5.67. The number of anilines is 1. The number of ketones is 1. The predicted octanol–water partition coefficient (Wildman–Crippen LogP) is 3.54. The van der Waals surface area contributed by atoms with Crippen molar-refractivity contribution in [1.29, 1.82) is 0 Å². The van der Waals surface area contributed by atoms with E-state index >= 15 is 0 Å². The number of carbonyl (C=O) groups is 2. The number of Topliss-reactive ketones (excluding diaryl/α,β-unsaturated/α-hetero) is 1. The zero-order valence-electron chi connectivity index (χ0n) is 15.7. The van der Waals surface area contributed by atoms with Crippen molar-refractivity contribution in [3.8, 4) is 5.75 Å². The van der Waals surface area contributed by atoms with Crippen LogP contribution in [-0.2, 0) is 11.3 Å². The molecule has 1 amide bonds. The summed E-state index contributed by atoms with van der Waals surface area (Å²) in [6, 6.07) is 9.80. The van der Waals surface area contributed by atoms with Crippen molar-refractivity contribution >= 4 is 51.6 Å². The Morgan fingerprint density at radius 2 is 2.13 bits per heavy atom. The Labute approximate surface area is 180 Å². The molecule has 1 aromatic heterocycles. The fraction of sp³-hybridized carbons (Fsp3) is 0.143. The van der Waals surface area contributed by atoms with Gasteiger partial charge in [0.25, 0.3) is 11.5 Å². The Kier molecular flexibility index (Phi) is 5.61. The van der Waals surface area contributed by atoms with E-state index in [-0.39, 0.29) is 36.2 Å². The van der Waals surface area contributed by atoms with Crippen LogP contribution in [0.25, 0.3) is 10.9 Å². The first-order valence-electron chi connectivity index (χ1n) is 9.00. The van der Waals surface area contributed by atoms with Crippen LogP contribution < -0.4 is 15.6 Å². The topological polar surface area (TPSA) is 90.3 Å². The standard InChI is InChI=1S/C21H16ClN3O4S/c1-2-7-25-20(28)14-9-13(22)4-5-15(14)24-21(25)30-11-17(26)12-3-6-18-16(8-12)23-19(27)10-29-18/h2-6,8-9H,1,7,10-11H2,(H,23,27). The lowest BCUT2D eigenvalue weighted by Gasteiger charge is -2.18. The molecule has 0 unspecified atom stereocenters. The molecule has 1 aliphatic rings. The molecule has 0 atom stereocenters. The van der Waals surface area contributed by atoms with E-state index in [1.165, 1.54) is 4.57 Å². The molecule has 0 saturated heterocycles. The number of amides is 1. The van der Waals surface area contributed by atoms with E-state index in [0.717, 1.165) is 11.8 Å². The van der Waals surface area contributed by atoms with Crippen LogP contribution >= 0.6 is 23.4 Å². The van der Waals surface area contributed by atoms with E-state index < -0.39 is 0 Å². The first-order chi connectivity index (χ1) is 14.5. The highest BCUT2D eigenvalue weighted by Crippen LogP contribution is 2.29. The number of aromatic nitrogens is 2. The van der Waals surface area contributed by atoms with Gasteiger partial charge in [-0.2, -0.15) is 0 Å². The highest BCUT2D eigenvalue weighted by Gasteiger charge is 2.19. The number of carbonyl (C=O) groups excluding carboxylic acids is 2. The molecule has 152 valence electrons. The van der Waals surface area contributed by atoms with Crippen molar-refractivity contribution in [2.24, 2.45) is 0 Å². The Morgan fingerprint density at radius 1 is 1.30 bits per heavy atom. The van der Waals surface area contributed by atoms with E-state index in [1.54, 1.807) is 42.5 Å². The van der Waals surface area contributed by atoms with Gasteiger partial charge in [-0.05, 0) is 36.4 Å². The van der Waals surface area contributed by atoms with Crippen LogP contribution in [0.1, 0.15) is 10.4 Å². The summed E-state index contributed by atoms with van der Waals surface area (Å²) in [7, 11) is 0. The van der Waals surface area contributed by atoms with E-state index in [0.29, 0.717) is 38.1 Å². The lowest BCUT2D eigenvalue weighted by atomic mass is 10.1. The van der Waals surface area contributed by atoms with E-state index in [2.05, 4.69) is 16.9 Å². The monoisotopic (exact) mass is 441 g/mol. The molecule has 0 radical (unpaired) electrons. The second kappa shape index (κ2) is 8.33. The van der Waals surface area contributed by atoms with Gasteiger partial charge in [0.05, 0.1) is 22.3 Å². The fourth-order valence-corrected chi connectivity index (χ4v) is 4.12. The average molecular weight is 442 g/mol. The summed E-state index contributed by atoms with van der Waals surface area (Å²) in [5.41, 5.74) is 1.16. The van der Waals surface area contributed by atoms with Gasteiger partial charge >= 0.3 is 0 Å². The molecule has 0 fully saturated rings. The van der Waals surface area contributed by atoms with Gasteiger partial charge in [-0.25, -0.2) is 4.98 Å². The lowest BCUT2D eigenvalue weighted by Crippen LogP contribution is -2.25. The zero-order valence-corrected chi connectivity index (χ0v) is 17.3. The molecule has 9 heteroatoms. The van der Waals surface area contributed by atoms with Gasteiger partial charge in [-0.3, -0.25) is 19.0 Å². The number of benzene rings is 2. The molecular formula is C21H16ClN3O4S. The van der Waals surface area contributed by atoms with Crippen LogP contribution in [0.5, 0.6) is 5.75 Å². The number of rotatable bonds is 6. The molecule has 3 aromatic rings. The minimum atomic E-state index is -0.268. The van der Waals surface area contributed by atoms with Gasteiger partial charge in [-0.15, -0.1) is 6.58 Å². The molecule has 4 rings (SSSR count). The summed E-state index contributed by atoms with van der Waals surface area (Å²) < 4.78 is 6.77.